The minimum atomic E-state index is -0.484. The molecule has 0 saturated carbocycles. The van der Waals surface area contributed by atoms with E-state index < -0.39 is 5.41 Å². The largest absolute Gasteiger partial charge is 0.380 e. The molecule has 0 aromatic rings. The number of nitrogens with zero attached hydrogens (tertiary/aromatic N) is 2. The van der Waals surface area contributed by atoms with E-state index >= 15 is 0 Å². The lowest BCUT2D eigenvalue weighted by molar-refractivity contribution is 0.00792. The SMILES string of the molecule is CCOCC(C#N)(CCCN(C)C)COCC. The van der Waals surface area contributed by atoms with Crippen molar-refractivity contribution in [3.8, 4) is 6.07 Å². The quantitative estimate of drug-likeness (QED) is 0.587. The van der Waals surface area contributed by atoms with Crippen molar-refractivity contribution in [1.82, 2.24) is 4.90 Å². The number of rotatable bonds is 10. The molecule has 0 N–H and O–H groups in total. The maximum Gasteiger partial charge on any atom is 0.104 e. The first kappa shape index (κ1) is 16.4. The fraction of sp³-hybridized carbons (Fsp3) is 0.923. The Bertz CT molecular complexity index is 216. The van der Waals surface area contributed by atoms with Gasteiger partial charge in [0, 0.05) is 13.2 Å². The third-order valence-electron chi connectivity index (χ3n) is 2.66. The Labute approximate surface area is 105 Å². The maximum atomic E-state index is 9.37. The minimum absolute atomic E-state index is 0.466. The number of hydrogen-bond acceptors (Lipinski definition) is 4. The van der Waals surface area contributed by atoms with Gasteiger partial charge < -0.3 is 14.4 Å². The molecule has 0 amide bonds. The molecule has 4 heteroatoms. The minimum Gasteiger partial charge on any atom is -0.380 e. The lowest BCUT2D eigenvalue weighted by Gasteiger charge is -2.26. The molecule has 0 aliphatic heterocycles. The second kappa shape index (κ2) is 9.41. The molecule has 100 valence electrons. The van der Waals surface area contributed by atoms with E-state index in [1.54, 1.807) is 0 Å². The van der Waals surface area contributed by atoms with Gasteiger partial charge in [-0.25, -0.2) is 0 Å². The van der Waals surface area contributed by atoms with E-state index in [0.717, 1.165) is 19.4 Å². The van der Waals surface area contributed by atoms with E-state index in [2.05, 4.69) is 11.0 Å². The predicted molar refractivity (Wildman–Crippen MR) is 68.8 cm³/mol. The van der Waals surface area contributed by atoms with E-state index in [4.69, 9.17) is 9.47 Å². The zero-order chi connectivity index (χ0) is 13.1. The molecule has 0 aliphatic rings. The van der Waals surface area contributed by atoms with Crippen molar-refractivity contribution < 1.29 is 9.47 Å². The van der Waals surface area contributed by atoms with Crippen molar-refractivity contribution in [3.63, 3.8) is 0 Å². The zero-order valence-electron chi connectivity index (χ0n) is 11.7. The van der Waals surface area contributed by atoms with Crippen LogP contribution < -0.4 is 0 Å². The maximum absolute atomic E-state index is 9.37. The van der Waals surface area contributed by atoms with Crippen LogP contribution in [0, 0.1) is 16.7 Å². The highest BCUT2D eigenvalue weighted by Gasteiger charge is 2.30. The second-order valence-electron chi connectivity index (χ2n) is 4.57. The second-order valence-corrected chi connectivity index (χ2v) is 4.57. The van der Waals surface area contributed by atoms with Crippen molar-refractivity contribution in [2.75, 3.05) is 47.1 Å². The molecular weight excluding hydrogens is 216 g/mol. The summed E-state index contributed by atoms with van der Waals surface area (Å²) in [5.74, 6) is 0. The van der Waals surface area contributed by atoms with Crippen LogP contribution in [0.2, 0.25) is 0 Å². The van der Waals surface area contributed by atoms with Gasteiger partial charge in [0.15, 0.2) is 0 Å². The normalized spacial score (nSPS) is 11.8. The van der Waals surface area contributed by atoms with E-state index in [0.29, 0.717) is 26.4 Å². The van der Waals surface area contributed by atoms with Gasteiger partial charge >= 0.3 is 0 Å². The van der Waals surface area contributed by atoms with Gasteiger partial charge in [0.1, 0.15) is 5.41 Å². The van der Waals surface area contributed by atoms with Crippen LogP contribution in [0.5, 0.6) is 0 Å². The van der Waals surface area contributed by atoms with Gasteiger partial charge in [-0.1, -0.05) is 0 Å². The molecule has 0 saturated heterocycles. The summed E-state index contributed by atoms with van der Waals surface area (Å²) in [7, 11) is 4.08. The van der Waals surface area contributed by atoms with Gasteiger partial charge in [-0.3, -0.25) is 0 Å². The van der Waals surface area contributed by atoms with Gasteiger partial charge in [0.05, 0.1) is 19.3 Å². The Kier molecular flexibility index (Phi) is 9.06. The summed E-state index contributed by atoms with van der Waals surface area (Å²) >= 11 is 0. The molecule has 0 spiro atoms. The van der Waals surface area contributed by atoms with Gasteiger partial charge in [-0.05, 0) is 47.3 Å². The van der Waals surface area contributed by atoms with E-state index in [9.17, 15) is 5.26 Å². The fourth-order valence-electron chi connectivity index (χ4n) is 1.63. The standard InChI is InChI=1S/C13H26N2O2/c1-5-16-11-13(10-14,12-17-6-2)8-7-9-15(3)4/h5-9,11-12H2,1-4H3. The first-order valence-corrected chi connectivity index (χ1v) is 6.31. The summed E-state index contributed by atoms with van der Waals surface area (Å²) in [6.07, 6.45) is 1.81. The van der Waals surface area contributed by atoms with Gasteiger partial charge in [0.2, 0.25) is 0 Å². The van der Waals surface area contributed by atoms with Crippen LogP contribution in [-0.2, 0) is 9.47 Å². The summed E-state index contributed by atoms with van der Waals surface area (Å²) < 4.78 is 10.9. The summed E-state index contributed by atoms with van der Waals surface area (Å²) in [5, 5.41) is 9.37. The van der Waals surface area contributed by atoms with Gasteiger partial charge in [0.25, 0.3) is 0 Å². The highest BCUT2D eigenvalue weighted by molar-refractivity contribution is 4.99. The predicted octanol–water partition coefficient (Wildman–Crippen LogP) is 1.91. The van der Waals surface area contributed by atoms with Crippen molar-refractivity contribution >= 4 is 0 Å². The Morgan fingerprint density at radius 2 is 1.65 bits per heavy atom. The molecule has 0 radical (unpaired) electrons. The van der Waals surface area contributed by atoms with Crippen LogP contribution in [-0.4, -0.2) is 52.0 Å². The van der Waals surface area contributed by atoms with Crippen LogP contribution in [0.25, 0.3) is 0 Å². The van der Waals surface area contributed by atoms with Crippen molar-refractivity contribution in [2.45, 2.75) is 26.7 Å². The lowest BCUT2D eigenvalue weighted by atomic mass is 9.86. The number of hydrogen-bond donors (Lipinski definition) is 0. The van der Waals surface area contributed by atoms with Crippen LogP contribution >= 0.6 is 0 Å². The first-order chi connectivity index (χ1) is 8.10. The third kappa shape index (κ3) is 7.32. The van der Waals surface area contributed by atoms with Crippen molar-refractivity contribution in [1.29, 1.82) is 5.26 Å². The molecular formula is C13H26N2O2. The lowest BCUT2D eigenvalue weighted by Crippen LogP contribution is -2.32. The Hall–Kier alpha value is -0.630. The Morgan fingerprint density at radius 1 is 1.12 bits per heavy atom. The highest BCUT2D eigenvalue weighted by atomic mass is 16.5. The van der Waals surface area contributed by atoms with E-state index in [-0.39, 0.29) is 0 Å². The molecule has 17 heavy (non-hydrogen) atoms. The van der Waals surface area contributed by atoms with Crippen LogP contribution in [0.3, 0.4) is 0 Å². The molecule has 0 heterocycles. The smallest absolute Gasteiger partial charge is 0.104 e. The molecule has 0 rings (SSSR count). The molecule has 0 aromatic carbocycles. The van der Waals surface area contributed by atoms with Crippen molar-refractivity contribution in [3.05, 3.63) is 0 Å². The fourth-order valence-corrected chi connectivity index (χ4v) is 1.63. The van der Waals surface area contributed by atoms with Crippen LogP contribution in [0.15, 0.2) is 0 Å². The average molecular weight is 242 g/mol. The number of nitriles is 1. The summed E-state index contributed by atoms with van der Waals surface area (Å²) in [6, 6.07) is 2.39. The molecule has 0 bridgehead atoms. The van der Waals surface area contributed by atoms with Gasteiger partial charge in [-0.15, -0.1) is 0 Å². The third-order valence-corrected chi connectivity index (χ3v) is 2.66. The summed E-state index contributed by atoms with van der Waals surface area (Å²) in [6.45, 7) is 7.10. The highest BCUT2D eigenvalue weighted by Crippen LogP contribution is 2.24. The Morgan fingerprint density at radius 3 is 2.00 bits per heavy atom. The summed E-state index contributed by atoms with van der Waals surface area (Å²) in [5.41, 5.74) is -0.484. The van der Waals surface area contributed by atoms with Gasteiger partial charge in [-0.2, -0.15) is 5.26 Å². The van der Waals surface area contributed by atoms with Crippen LogP contribution in [0.1, 0.15) is 26.7 Å². The molecule has 0 atom stereocenters. The monoisotopic (exact) mass is 242 g/mol. The Balaban J connectivity index is 4.29. The van der Waals surface area contributed by atoms with E-state index in [1.807, 2.05) is 27.9 Å². The molecule has 4 nitrogen and oxygen atoms in total. The number of ether oxygens (including phenoxy) is 2. The molecule has 0 aliphatic carbocycles. The van der Waals surface area contributed by atoms with Crippen molar-refractivity contribution in [2.24, 2.45) is 5.41 Å². The van der Waals surface area contributed by atoms with E-state index in [1.165, 1.54) is 0 Å². The molecule has 0 fully saturated rings. The molecule has 0 unspecified atom stereocenters. The van der Waals surface area contributed by atoms with Crippen LogP contribution in [0.4, 0.5) is 0 Å². The average Bonchev–Trinajstić information content (AvgIpc) is 2.32. The summed E-state index contributed by atoms with van der Waals surface area (Å²) in [4.78, 5) is 2.13. The first-order valence-electron chi connectivity index (χ1n) is 6.31. The zero-order valence-corrected chi connectivity index (χ0v) is 11.7. The topological polar surface area (TPSA) is 45.5 Å². The molecule has 0 aromatic heterocycles.